The Morgan fingerprint density at radius 3 is 2.76 bits per heavy atom. The molecular formula is C24H27ClFN5O3. The lowest BCUT2D eigenvalue weighted by Gasteiger charge is -2.32. The van der Waals surface area contributed by atoms with Gasteiger partial charge >= 0.3 is 0 Å². The Balaban J connectivity index is 1.35. The van der Waals surface area contributed by atoms with Gasteiger partial charge in [-0.05, 0) is 38.8 Å². The highest BCUT2D eigenvalue weighted by Crippen LogP contribution is 2.32. The molecule has 180 valence electrons. The number of amides is 1. The van der Waals surface area contributed by atoms with Crippen molar-refractivity contribution in [1.82, 2.24) is 24.4 Å². The normalized spacial score (nSPS) is 16.9. The molecular weight excluding hydrogens is 461 g/mol. The summed E-state index contributed by atoms with van der Waals surface area (Å²) in [6, 6.07) is 4.06. The molecule has 0 bridgehead atoms. The Kier molecular flexibility index (Phi) is 6.18. The highest BCUT2D eigenvalue weighted by Gasteiger charge is 2.32. The molecule has 0 atom stereocenters. The van der Waals surface area contributed by atoms with Crippen LogP contribution < -0.4 is 4.74 Å². The number of aliphatic hydroxyl groups is 1. The molecule has 5 rings (SSSR count). The fraction of sp³-hybridized carbons (Fsp3) is 0.458. The van der Waals surface area contributed by atoms with E-state index in [9.17, 15) is 9.18 Å². The van der Waals surface area contributed by atoms with Gasteiger partial charge in [-0.25, -0.2) is 13.9 Å². The lowest BCUT2D eigenvalue weighted by molar-refractivity contribution is 0.0718. The van der Waals surface area contributed by atoms with E-state index in [1.165, 1.54) is 18.2 Å². The summed E-state index contributed by atoms with van der Waals surface area (Å²) in [5, 5.41) is 14.3. The maximum absolute atomic E-state index is 14.1. The Bertz CT molecular complexity index is 1260. The number of rotatable bonds is 5. The van der Waals surface area contributed by atoms with Crippen LogP contribution in [0.15, 0.2) is 18.2 Å². The molecule has 2 aliphatic heterocycles. The van der Waals surface area contributed by atoms with Crippen LogP contribution in [0.5, 0.6) is 5.75 Å². The number of aliphatic hydroxyl groups excluding tert-OH is 1. The Hall–Kier alpha value is -2.75. The topological polar surface area (TPSA) is 83.2 Å². The van der Waals surface area contributed by atoms with Crippen molar-refractivity contribution in [2.45, 2.75) is 45.9 Å². The standard InChI is InChI=1S/C24H27ClFN5O3/c1-14-22(25)15(2)31-23(27-14)19-12-30(13-20(19)28-31)24(33)18-4-3-16(26)11-21(18)34-17-5-7-29(8-6-17)9-10-32/h3-4,11,17,32H,5-10,12-13H2,1-2H3. The fourth-order valence-electron chi connectivity index (χ4n) is 4.77. The van der Waals surface area contributed by atoms with Crippen LogP contribution >= 0.6 is 11.6 Å². The van der Waals surface area contributed by atoms with Gasteiger partial charge in [0, 0.05) is 31.3 Å². The molecule has 34 heavy (non-hydrogen) atoms. The smallest absolute Gasteiger partial charge is 0.258 e. The lowest BCUT2D eigenvalue weighted by atomic mass is 10.1. The number of carbonyl (C=O) groups excluding carboxylic acids is 1. The van der Waals surface area contributed by atoms with Crippen molar-refractivity contribution in [2.75, 3.05) is 26.2 Å². The first-order valence-electron chi connectivity index (χ1n) is 11.5. The number of hydrogen-bond acceptors (Lipinski definition) is 6. The molecule has 1 amide bonds. The summed E-state index contributed by atoms with van der Waals surface area (Å²) < 4.78 is 21.9. The first-order chi connectivity index (χ1) is 16.4. The number of aryl methyl sites for hydroxylation is 2. The van der Waals surface area contributed by atoms with Crippen molar-refractivity contribution < 1.29 is 19.0 Å². The van der Waals surface area contributed by atoms with Crippen LogP contribution in [-0.2, 0) is 13.1 Å². The minimum atomic E-state index is -0.446. The second-order valence-electron chi connectivity index (χ2n) is 8.94. The van der Waals surface area contributed by atoms with E-state index in [1.54, 1.807) is 9.42 Å². The van der Waals surface area contributed by atoms with Gasteiger partial charge in [0.1, 0.15) is 17.7 Å². The minimum Gasteiger partial charge on any atom is -0.489 e. The number of hydrogen-bond donors (Lipinski definition) is 1. The average molecular weight is 488 g/mol. The van der Waals surface area contributed by atoms with E-state index in [-0.39, 0.29) is 24.4 Å². The number of carbonyl (C=O) groups is 1. The highest BCUT2D eigenvalue weighted by molar-refractivity contribution is 6.31. The van der Waals surface area contributed by atoms with E-state index in [2.05, 4.69) is 15.0 Å². The maximum atomic E-state index is 14.1. The zero-order valence-electron chi connectivity index (χ0n) is 19.2. The van der Waals surface area contributed by atoms with Crippen molar-refractivity contribution in [3.05, 3.63) is 57.2 Å². The minimum absolute atomic E-state index is 0.108. The van der Waals surface area contributed by atoms with Crippen molar-refractivity contribution in [1.29, 1.82) is 0 Å². The number of benzene rings is 1. The van der Waals surface area contributed by atoms with Gasteiger partial charge in [-0.2, -0.15) is 5.10 Å². The molecule has 1 fully saturated rings. The summed E-state index contributed by atoms with van der Waals surface area (Å²) in [5.74, 6) is -0.411. The van der Waals surface area contributed by atoms with Crippen LogP contribution in [0.2, 0.25) is 5.02 Å². The molecule has 3 aromatic rings. The molecule has 8 nitrogen and oxygen atoms in total. The monoisotopic (exact) mass is 487 g/mol. The van der Waals surface area contributed by atoms with Crippen molar-refractivity contribution in [2.24, 2.45) is 0 Å². The third kappa shape index (κ3) is 4.12. The Morgan fingerprint density at radius 2 is 2.03 bits per heavy atom. The molecule has 0 aliphatic carbocycles. The van der Waals surface area contributed by atoms with Gasteiger partial charge in [0.05, 0.1) is 47.4 Å². The van der Waals surface area contributed by atoms with E-state index < -0.39 is 5.82 Å². The van der Waals surface area contributed by atoms with Gasteiger partial charge < -0.3 is 19.6 Å². The predicted molar refractivity (Wildman–Crippen MR) is 125 cm³/mol. The maximum Gasteiger partial charge on any atom is 0.258 e. The summed E-state index contributed by atoms with van der Waals surface area (Å²) in [6.45, 7) is 6.79. The molecule has 0 spiro atoms. The zero-order valence-corrected chi connectivity index (χ0v) is 20.0. The molecule has 2 aliphatic rings. The lowest BCUT2D eigenvalue weighted by Crippen LogP contribution is -2.39. The van der Waals surface area contributed by atoms with Crippen LogP contribution in [0.3, 0.4) is 0 Å². The first kappa shape index (κ1) is 23.0. The van der Waals surface area contributed by atoms with Crippen LogP contribution in [0.4, 0.5) is 4.39 Å². The number of halogens is 2. The summed E-state index contributed by atoms with van der Waals surface area (Å²) in [5.41, 5.74) is 4.26. The molecule has 1 saturated heterocycles. The SMILES string of the molecule is Cc1nc2c3c(nn2c(C)c1Cl)CN(C(=O)c1ccc(F)cc1OC1CCN(CCO)CC1)C3. The van der Waals surface area contributed by atoms with Crippen molar-refractivity contribution >= 4 is 23.2 Å². The molecule has 1 aromatic carbocycles. The van der Waals surface area contributed by atoms with Gasteiger partial charge in [-0.3, -0.25) is 4.79 Å². The quantitative estimate of drug-likeness (QED) is 0.595. The van der Waals surface area contributed by atoms with Gasteiger partial charge in [0.15, 0.2) is 5.65 Å². The van der Waals surface area contributed by atoms with E-state index in [1.807, 2.05) is 13.8 Å². The number of ether oxygens (including phenoxy) is 1. The van der Waals surface area contributed by atoms with E-state index in [0.29, 0.717) is 35.9 Å². The van der Waals surface area contributed by atoms with E-state index >= 15 is 0 Å². The Labute approximate surface area is 201 Å². The van der Waals surface area contributed by atoms with Crippen LogP contribution in [0.1, 0.15) is 45.8 Å². The van der Waals surface area contributed by atoms with Gasteiger partial charge in [0.2, 0.25) is 0 Å². The summed E-state index contributed by atoms with van der Waals surface area (Å²) in [6.07, 6.45) is 1.40. The van der Waals surface area contributed by atoms with Crippen LogP contribution in [0.25, 0.3) is 5.65 Å². The van der Waals surface area contributed by atoms with Gasteiger partial charge in [-0.1, -0.05) is 11.6 Å². The predicted octanol–water partition coefficient (Wildman–Crippen LogP) is 3.13. The number of aromatic nitrogens is 3. The Morgan fingerprint density at radius 1 is 1.26 bits per heavy atom. The number of fused-ring (bicyclic) bond motifs is 3. The van der Waals surface area contributed by atoms with Crippen LogP contribution in [-0.4, -0.2) is 67.8 Å². The van der Waals surface area contributed by atoms with Crippen molar-refractivity contribution in [3.63, 3.8) is 0 Å². The molecule has 10 heteroatoms. The highest BCUT2D eigenvalue weighted by atomic mass is 35.5. The molecule has 0 unspecified atom stereocenters. The number of piperidine rings is 1. The second-order valence-corrected chi connectivity index (χ2v) is 9.32. The molecule has 0 radical (unpaired) electrons. The molecule has 2 aromatic heterocycles. The number of nitrogens with zero attached hydrogens (tertiary/aromatic N) is 5. The average Bonchev–Trinajstić information content (AvgIpc) is 3.38. The number of β-amino-alcohol motifs (C(OH)–C–C–N with tert-alkyl or cyclic N) is 1. The third-order valence-electron chi connectivity index (χ3n) is 6.66. The second kappa shape index (κ2) is 9.13. The summed E-state index contributed by atoms with van der Waals surface area (Å²) in [4.78, 5) is 21.9. The third-order valence-corrected chi connectivity index (χ3v) is 7.21. The first-order valence-corrected chi connectivity index (χ1v) is 11.9. The van der Waals surface area contributed by atoms with E-state index in [4.69, 9.17) is 21.4 Å². The molecule has 0 saturated carbocycles. The largest absolute Gasteiger partial charge is 0.489 e. The van der Waals surface area contributed by atoms with E-state index in [0.717, 1.165) is 48.6 Å². The van der Waals surface area contributed by atoms with Gasteiger partial charge in [0.25, 0.3) is 5.91 Å². The van der Waals surface area contributed by atoms with Gasteiger partial charge in [-0.15, -0.1) is 0 Å². The van der Waals surface area contributed by atoms with Crippen molar-refractivity contribution in [3.8, 4) is 5.75 Å². The number of likely N-dealkylation sites (tertiary alicyclic amines) is 1. The van der Waals surface area contributed by atoms with Crippen LogP contribution in [0, 0.1) is 19.7 Å². The summed E-state index contributed by atoms with van der Waals surface area (Å²) in [7, 11) is 0. The zero-order chi connectivity index (χ0) is 24.0. The molecule has 4 heterocycles. The molecule has 1 N–H and O–H groups in total. The fourth-order valence-corrected chi connectivity index (χ4v) is 4.89. The summed E-state index contributed by atoms with van der Waals surface area (Å²) >= 11 is 6.33.